The summed E-state index contributed by atoms with van der Waals surface area (Å²) >= 11 is 3.27. The first-order valence-electron chi connectivity index (χ1n) is 5.55. The highest BCUT2D eigenvalue weighted by atomic mass is 79.9. The Bertz CT molecular complexity index is 523. The maximum Gasteiger partial charge on any atom is 0.156 e. The summed E-state index contributed by atoms with van der Waals surface area (Å²) in [6.45, 7) is 5.25. The highest BCUT2D eigenvalue weighted by molar-refractivity contribution is 9.10. The van der Waals surface area contributed by atoms with E-state index in [2.05, 4.69) is 21.2 Å². The molecule has 0 heterocycles. The van der Waals surface area contributed by atoms with Crippen LogP contribution in [0.1, 0.15) is 20.8 Å². The zero-order valence-corrected chi connectivity index (χ0v) is 13.0. The van der Waals surface area contributed by atoms with E-state index >= 15 is 0 Å². The lowest BCUT2D eigenvalue weighted by atomic mass is 10.3. The molecule has 0 fully saturated rings. The van der Waals surface area contributed by atoms with Gasteiger partial charge in [0, 0.05) is 11.0 Å². The molecule has 0 aliphatic carbocycles. The summed E-state index contributed by atoms with van der Waals surface area (Å²) in [6, 6.07) is 4.24. The first kappa shape index (κ1) is 15.4. The molecule has 0 unspecified atom stereocenters. The Morgan fingerprint density at radius 2 is 1.94 bits per heavy atom. The van der Waals surface area contributed by atoms with Gasteiger partial charge in [-0.1, -0.05) is 0 Å². The van der Waals surface area contributed by atoms with Crippen LogP contribution in [-0.2, 0) is 9.84 Å². The lowest BCUT2D eigenvalue weighted by Gasteiger charge is -2.19. The van der Waals surface area contributed by atoms with Gasteiger partial charge in [0.15, 0.2) is 9.84 Å². The van der Waals surface area contributed by atoms with Crippen molar-refractivity contribution in [3.05, 3.63) is 28.5 Å². The van der Waals surface area contributed by atoms with E-state index in [9.17, 15) is 12.8 Å². The fourth-order valence-electron chi connectivity index (χ4n) is 1.26. The molecular weight excluding hydrogens is 321 g/mol. The Balaban J connectivity index is 2.65. The molecule has 0 aliphatic heterocycles. The van der Waals surface area contributed by atoms with E-state index in [0.29, 0.717) is 10.2 Å². The van der Waals surface area contributed by atoms with Crippen molar-refractivity contribution in [3.63, 3.8) is 0 Å². The molecule has 1 aromatic carbocycles. The van der Waals surface area contributed by atoms with E-state index in [1.807, 2.05) is 0 Å². The third-order valence-electron chi connectivity index (χ3n) is 2.55. The molecule has 0 atom stereocenters. The second kappa shape index (κ2) is 5.57. The second-order valence-corrected chi connectivity index (χ2v) is 8.70. The monoisotopic (exact) mass is 337 g/mol. The van der Waals surface area contributed by atoms with Crippen LogP contribution in [0.4, 0.5) is 10.1 Å². The van der Waals surface area contributed by atoms with Crippen molar-refractivity contribution >= 4 is 31.5 Å². The molecule has 6 heteroatoms. The zero-order chi connectivity index (χ0) is 14.0. The van der Waals surface area contributed by atoms with Gasteiger partial charge in [0.1, 0.15) is 5.82 Å². The Hall–Kier alpha value is -0.620. The van der Waals surface area contributed by atoms with E-state index in [1.165, 1.54) is 12.1 Å². The number of hydrogen-bond donors (Lipinski definition) is 1. The minimum Gasteiger partial charge on any atom is -0.383 e. The zero-order valence-electron chi connectivity index (χ0n) is 10.6. The Labute approximate surface area is 116 Å². The maximum atomic E-state index is 13.0. The predicted molar refractivity (Wildman–Crippen MR) is 76.1 cm³/mol. The van der Waals surface area contributed by atoms with Crippen molar-refractivity contribution in [1.82, 2.24) is 0 Å². The molecule has 1 N–H and O–H groups in total. The van der Waals surface area contributed by atoms with Crippen LogP contribution in [0.2, 0.25) is 0 Å². The van der Waals surface area contributed by atoms with Crippen molar-refractivity contribution in [2.45, 2.75) is 25.5 Å². The Morgan fingerprint density at radius 1 is 1.33 bits per heavy atom. The molecule has 0 bridgehead atoms. The second-order valence-electron chi connectivity index (χ2n) is 4.98. The molecule has 0 spiro atoms. The standard InChI is InChI=1S/C12H17BrFNO2S/c1-12(2,3)18(16,17)7-6-15-11-8-9(14)4-5-10(11)13/h4-5,8,15H,6-7H2,1-3H3. The van der Waals surface area contributed by atoms with Crippen LogP contribution in [0.15, 0.2) is 22.7 Å². The number of anilines is 1. The summed E-state index contributed by atoms with van der Waals surface area (Å²) in [5.74, 6) is -0.348. The quantitative estimate of drug-likeness (QED) is 0.917. The van der Waals surface area contributed by atoms with Gasteiger partial charge in [-0.25, -0.2) is 12.8 Å². The maximum absolute atomic E-state index is 13.0. The number of halogens is 2. The molecular formula is C12H17BrFNO2S. The number of rotatable bonds is 4. The molecule has 3 nitrogen and oxygen atoms in total. The number of hydrogen-bond acceptors (Lipinski definition) is 3. The first-order chi connectivity index (χ1) is 8.13. The molecule has 102 valence electrons. The molecule has 1 aromatic rings. The minimum absolute atomic E-state index is 0.0133. The largest absolute Gasteiger partial charge is 0.383 e. The Morgan fingerprint density at radius 3 is 2.50 bits per heavy atom. The predicted octanol–water partition coefficient (Wildman–Crippen LogP) is 3.21. The van der Waals surface area contributed by atoms with Gasteiger partial charge < -0.3 is 5.32 Å². The van der Waals surface area contributed by atoms with Gasteiger partial charge in [0.2, 0.25) is 0 Å². The molecule has 0 saturated heterocycles. The van der Waals surface area contributed by atoms with Gasteiger partial charge in [-0.2, -0.15) is 0 Å². The van der Waals surface area contributed by atoms with Gasteiger partial charge in [0.25, 0.3) is 0 Å². The molecule has 1 rings (SSSR count). The van der Waals surface area contributed by atoms with Crippen LogP contribution in [-0.4, -0.2) is 25.5 Å². The van der Waals surface area contributed by atoms with E-state index < -0.39 is 14.6 Å². The molecule has 0 amide bonds. The third kappa shape index (κ3) is 3.95. The van der Waals surface area contributed by atoms with Crippen LogP contribution in [0, 0.1) is 5.82 Å². The molecule has 0 radical (unpaired) electrons. The van der Waals surface area contributed by atoms with E-state index in [1.54, 1.807) is 26.8 Å². The smallest absolute Gasteiger partial charge is 0.156 e. The average molecular weight is 338 g/mol. The highest BCUT2D eigenvalue weighted by Gasteiger charge is 2.28. The van der Waals surface area contributed by atoms with Crippen LogP contribution in [0.25, 0.3) is 0 Å². The average Bonchev–Trinajstić information content (AvgIpc) is 2.21. The van der Waals surface area contributed by atoms with Gasteiger partial charge in [-0.3, -0.25) is 0 Å². The SMILES string of the molecule is CC(C)(C)S(=O)(=O)CCNc1cc(F)ccc1Br. The fourth-order valence-corrected chi connectivity index (χ4v) is 2.63. The van der Waals surface area contributed by atoms with Crippen molar-refractivity contribution in [1.29, 1.82) is 0 Å². The van der Waals surface area contributed by atoms with E-state index in [4.69, 9.17) is 0 Å². The summed E-state index contributed by atoms with van der Waals surface area (Å²) in [5.41, 5.74) is 0.555. The molecule has 18 heavy (non-hydrogen) atoms. The van der Waals surface area contributed by atoms with Gasteiger partial charge in [0.05, 0.1) is 16.2 Å². The van der Waals surface area contributed by atoms with Crippen LogP contribution in [0.3, 0.4) is 0 Å². The first-order valence-corrected chi connectivity index (χ1v) is 7.99. The van der Waals surface area contributed by atoms with Crippen molar-refractivity contribution in [3.8, 4) is 0 Å². The number of sulfone groups is 1. The normalized spacial score (nSPS) is 12.5. The summed E-state index contributed by atoms with van der Waals surface area (Å²) in [7, 11) is -3.16. The van der Waals surface area contributed by atoms with Gasteiger partial charge >= 0.3 is 0 Å². The third-order valence-corrected chi connectivity index (χ3v) is 5.85. The molecule has 0 aliphatic rings. The van der Waals surface area contributed by atoms with Crippen molar-refractivity contribution in [2.75, 3.05) is 17.6 Å². The van der Waals surface area contributed by atoms with Crippen LogP contribution < -0.4 is 5.32 Å². The van der Waals surface area contributed by atoms with Gasteiger partial charge in [-0.15, -0.1) is 0 Å². The molecule has 0 aromatic heterocycles. The number of benzene rings is 1. The summed E-state index contributed by atoms with van der Waals surface area (Å²) < 4.78 is 36.7. The highest BCUT2D eigenvalue weighted by Crippen LogP contribution is 2.23. The fraction of sp³-hybridized carbons (Fsp3) is 0.500. The minimum atomic E-state index is -3.16. The lowest BCUT2D eigenvalue weighted by Crippen LogP contribution is -2.32. The van der Waals surface area contributed by atoms with Crippen LogP contribution >= 0.6 is 15.9 Å². The molecule has 0 saturated carbocycles. The summed E-state index contributed by atoms with van der Waals surface area (Å²) in [6.07, 6.45) is 0. The van der Waals surface area contributed by atoms with E-state index in [0.717, 1.165) is 0 Å². The van der Waals surface area contributed by atoms with Crippen molar-refractivity contribution < 1.29 is 12.8 Å². The summed E-state index contributed by atoms with van der Waals surface area (Å²) in [5, 5.41) is 2.92. The van der Waals surface area contributed by atoms with Gasteiger partial charge in [-0.05, 0) is 54.9 Å². The topological polar surface area (TPSA) is 46.2 Å². The lowest BCUT2D eigenvalue weighted by molar-refractivity contribution is 0.560. The van der Waals surface area contributed by atoms with Crippen LogP contribution in [0.5, 0.6) is 0 Å². The Kier molecular flexibility index (Phi) is 4.78. The van der Waals surface area contributed by atoms with Crippen molar-refractivity contribution in [2.24, 2.45) is 0 Å². The number of nitrogens with one attached hydrogen (secondary N) is 1. The van der Waals surface area contributed by atoms with E-state index in [-0.39, 0.29) is 18.1 Å². The summed E-state index contributed by atoms with van der Waals surface area (Å²) in [4.78, 5) is 0.